The first-order valence-corrected chi connectivity index (χ1v) is 10.6. The van der Waals surface area contributed by atoms with Crippen molar-refractivity contribution >= 4 is 16.0 Å². The maximum absolute atomic E-state index is 11.8. The summed E-state index contributed by atoms with van der Waals surface area (Å²) in [5.41, 5.74) is 0.270. The average Bonchev–Trinajstić information content (AvgIpc) is 2.56. The quantitative estimate of drug-likeness (QED) is 0.761. The highest BCUT2D eigenvalue weighted by atomic mass is 32.2. The van der Waals surface area contributed by atoms with Crippen molar-refractivity contribution in [1.29, 1.82) is 0 Å². The van der Waals surface area contributed by atoms with Gasteiger partial charge in [0.1, 0.15) is 0 Å². The number of fused-ring (bicyclic) bond motifs is 1. The standard InChI is InChI=1S/C16H27N5O3S/c1-3-17-15-18-8-13(9-19-15)10-20-6-4-16(22)5-7-21(25(2,23)24)12-14(16)11-20/h8-9,14,22H,3-7,10-12H2,1-2H3,(H,17,18,19). The van der Waals surface area contributed by atoms with E-state index in [2.05, 4.69) is 20.2 Å². The van der Waals surface area contributed by atoms with Crippen molar-refractivity contribution in [1.82, 2.24) is 19.2 Å². The molecular formula is C16H27N5O3S. The molecule has 0 saturated carbocycles. The molecule has 0 aromatic carbocycles. The van der Waals surface area contributed by atoms with E-state index >= 15 is 0 Å². The van der Waals surface area contributed by atoms with Crippen molar-refractivity contribution in [3.63, 3.8) is 0 Å². The third-order valence-corrected chi connectivity index (χ3v) is 6.50. The second-order valence-electron chi connectivity index (χ2n) is 7.10. The summed E-state index contributed by atoms with van der Waals surface area (Å²) in [6.45, 7) is 5.75. The third-order valence-electron chi connectivity index (χ3n) is 5.23. The molecule has 8 nitrogen and oxygen atoms in total. The predicted octanol–water partition coefficient (Wildman–Crippen LogP) is 0.127. The lowest BCUT2D eigenvalue weighted by atomic mass is 9.76. The molecule has 2 N–H and O–H groups in total. The molecule has 2 aliphatic rings. The van der Waals surface area contributed by atoms with Gasteiger partial charge in [0, 0.05) is 63.1 Å². The highest BCUT2D eigenvalue weighted by molar-refractivity contribution is 7.88. The van der Waals surface area contributed by atoms with E-state index in [1.807, 2.05) is 19.3 Å². The van der Waals surface area contributed by atoms with E-state index in [4.69, 9.17) is 0 Å². The van der Waals surface area contributed by atoms with Gasteiger partial charge in [-0.15, -0.1) is 0 Å². The monoisotopic (exact) mass is 369 g/mol. The van der Waals surface area contributed by atoms with Crippen LogP contribution in [0.5, 0.6) is 0 Å². The SMILES string of the molecule is CCNc1ncc(CN2CCC3(O)CCN(S(C)(=O)=O)CC3C2)cn1. The first kappa shape index (κ1) is 18.5. The number of aliphatic hydroxyl groups is 1. The zero-order chi connectivity index (χ0) is 18.1. The minimum atomic E-state index is -3.21. The molecule has 140 valence electrons. The van der Waals surface area contributed by atoms with Crippen molar-refractivity contribution < 1.29 is 13.5 Å². The summed E-state index contributed by atoms with van der Waals surface area (Å²) in [5.74, 6) is 0.557. The molecule has 0 amide bonds. The molecule has 0 radical (unpaired) electrons. The van der Waals surface area contributed by atoms with Crippen LogP contribution in [-0.4, -0.2) is 77.3 Å². The van der Waals surface area contributed by atoms with Crippen LogP contribution in [0, 0.1) is 5.92 Å². The highest BCUT2D eigenvalue weighted by Crippen LogP contribution is 2.36. The van der Waals surface area contributed by atoms with E-state index in [1.54, 1.807) is 0 Å². The van der Waals surface area contributed by atoms with Crippen LogP contribution in [0.3, 0.4) is 0 Å². The molecule has 1 aromatic heterocycles. The maximum Gasteiger partial charge on any atom is 0.222 e. The fraction of sp³-hybridized carbons (Fsp3) is 0.750. The number of nitrogens with zero attached hydrogens (tertiary/aromatic N) is 4. The molecule has 2 atom stereocenters. The summed E-state index contributed by atoms with van der Waals surface area (Å²) in [5, 5.41) is 13.9. The van der Waals surface area contributed by atoms with Crippen LogP contribution in [0.1, 0.15) is 25.3 Å². The van der Waals surface area contributed by atoms with Gasteiger partial charge in [0.15, 0.2) is 0 Å². The van der Waals surface area contributed by atoms with Crippen LogP contribution in [0.4, 0.5) is 5.95 Å². The molecule has 9 heteroatoms. The molecule has 2 fully saturated rings. The molecule has 2 aliphatic heterocycles. The molecule has 2 saturated heterocycles. The van der Waals surface area contributed by atoms with Gasteiger partial charge in [0.25, 0.3) is 0 Å². The van der Waals surface area contributed by atoms with E-state index in [-0.39, 0.29) is 5.92 Å². The summed E-state index contributed by atoms with van der Waals surface area (Å²) in [7, 11) is -3.21. The topological polar surface area (TPSA) is 98.7 Å². The van der Waals surface area contributed by atoms with Gasteiger partial charge in [-0.25, -0.2) is 22.7 Å². The van der Waals surface area contributed by atoms with E-state index in [1.165, 1.54) is 10.6 Å². The summed E-state index contributed by atoms with van der Waals surface area (Å²) in [4.78, 5) is 10.8. The van der Waals surface area contributed by atoms with Gasteiger partial charge in [-0.3, -0.25) is 4.90 Å². The van der Waals surface area contributed by atoms with Gasteiger partial charge >= 0.3 is 0 Å². The number of nitrogens with one attached hydrogen (secondary N) is 1. The van der Waals surface area contributed by atoms with Gasteiger partial charge in [-0.05, 0) is 19.8 Å². The van der Waals surface area contributed by atoms with Crippen molar-refractivity contribution in [2.45, 2.75) is 31.9 Å². The fourth-order valence-electron chi connectivity index (χ4n) is 3.73. The molecule has 3 heterocycles. The lowest BCUT2D eigenvalue weighted by Gasteiger charge is -2.49. The second-order valence-corrected chi connectivity index (χ2v) is 9.08. The number of piperidine rings is 2. The lowest BCUT2D eigenvalue weighted by molar-refractivity contribution is -0.103. The number of hydrogen-bond donors (Lipinski definition) is 2. The normalized spacial score (nSPS) is 28.5. The third kappa shape index (κ3) is 4.28. The number of sulfonamides is 1. The Labute approximate surface area is 149 Å². The van der Waals surface area contributed by atoms with Gasteiger partial charge in [-0.1, -0.05) is 0 Å². The molecule has 1 aromatic rings. The Morgan fingerprint density at radius 1 is 1.28 bits per heavy atom. The Morgan fingerprint density at radius 2 is 1.96 bits per heavy atom. The predicted molar refractivity (Wildman–Crippen MR) is 95.6 cm³/mol. The summed E-state index contributed by atoms with van der Waals surface area (Å²) in [6.07, 6.45) is 6.05. The van der Waals surface area contributed by atoms with Crippen LogP contribution in [0.2, 0.25) is 0 Å². The smallest absolute Gasteiger partial charge is 0.222 e. The van der Waals surface area contributed by atoms with Crippen molar-refractivity contribution in [2.75, 3.05) is 44.3 Å². The number of hydrogen-bond acceptors (Lipinski definition) is 7. The molecule has 3 rings (SSSR count). The minimum absolute atomic E-state index is 0.0633. The van der Waals surface area contributed by atoms with Gasteiger partial charge < -0.3 is 10.4 Å². The van der Waals surface area contributed by atoms with Crippen molar-refractivity contribution in [2.24, 2.45) is 5.92 Å². The Kier molecular flexibility index (Phi) is 5.29. The lowest BCUT2D eigenvalue weighted by Crippen LogP contribution is -2.60. The molecule has 0 aliphatic carbocycles. The van der Waals surface area contributed by atoms with Crippen LogP contribution in [0.15, 0.2) is 12.4 Å². The second kappa shape index (κ2) is 7.14. The molecular weight excluding hydrogens is 342 g/mol. The van der Waals surface area contributed by atoms with E-state index in [9.17, 15) is 13.5 Å². The first-order chi connectivity index (χ1) is 11.8. The molecule has 0 bridgehead atoms. The van der Waals surface area contributed by atoms with Gasteiger partial charge in [-0.2, -0.15) is 0 Å². The Balaban J connectivity index is 1.64. The zero-order valence-corrected chi connectivity index (χ0v) is 15.7. The summed E-state index contributed by atoms with van der Waals surface area (Å²) in [6, 6.07) is 0. The average molecular weight is 369 g/mol. The summed E-state index contributed by atoms with van der Waals surface area (Å²) < 4.78 is 25.2. The van der Waals surface area contributed by atoms with Crippen LogP contribution < -0.4 is 5.32 Å². The maximum atomic E-state index is 11.8. The fourth-order valence-corrected chi connectivity index (χ4v) is 4.60. The van der Waals surface area contributed by atoms with Crippen molar-refractivity contribution in [3.8, 4) is 0 Å². The Morgan fingerprint density at radius 3 is 2.60 bits per heavy atom. The van der Waals surface area contributed by atoms with Crippen molar-refractivity contribution in [3.05, 3.63) is 18.0 Å². The zero-order valence-electron chi connectivity index (χ0n) is 14.8. The first-order valence-electron chi connectivity index (χ1n) is 8.75. The number of rotatable bonds is 5. The van der Waals surface area contributed by atoms with Crippen LogP contribution in [-0.2, 0) is 16.6 Å². The summed E-state index contributed by atoms with van der Waals surface area (Å²) >= 11 is 0. The molecule has 2 unspecified atom stereocenters. The van der Waals surface area contributed by atoms with Crippen LogP contribution in [0.25, 0.3) is 0 Å². The van der Waals surface area contributed by atoms with E-state index < -0.39 is 15.6 Å². The highest BCUT2D eigenvalue weighted by Gasteiger charge is 2.46. The number of anilines is 1. The molecule has 25 heavy (non-hydrogen) atoms. The molecule has 0 spiro atoms. The minimum Gasteiger partial charge on any atom is -0.389 e. The van der Waals surface area contributed by atoms with Gasteiger partial charge in [0.2, 0.25) is 16.0 Å². The largest absolute Gasteiger partial charge is 0.389 e. The number of aromatic nitrogens is 2. The Bertz CT molecular complexity index is 696. The Hall–Kier alpha value is -1.29. The van der Waals surface area contributed by atoms with E-state index in [0.29, 0.717) is 45.0 Å². The number of likely N-dealkylation sites (tertiary alicyclic amines) is 1. The van der Waals surface area contributed by atoms with E-state index in [0.717, 1.165) is 18.7 Å². The van der Waals surface area contributed by atoms with Crippen LogP contribution >= 0.6 is 0 Å². The van der Waals surface area contributed by atoms with Gasteiger partial charge in [0.05, 0.1) is 11.9 Å².